The summed E-state index contributed by atoms with van der Waals surface area (Å²) in [5.74, 6) is 0.0902. The van der Waals surface area contributed by atoms with Gasteiger partial charge in [-0.2, -0.15) is 5.10 Å². The van der Waals surface area contributed by atoms with Crippen LogP contribution in [0.3, 0.4) is 0 Å². The number of thiophene rings is 1. The molecule has 0 radical (unpaired) electrons. The van der Waals surface area contributed by atoms with Crippen molar-refractivity contribution in [2.75, 3.05) is 13.1 Å². The van der Waals surface area contributed by atoms with E-state index in [2.05, 4.69) is 27.8 Å². The lowest BCUT2D eigenvalue weighted by Gasteiger charge is -2.16. The van der Waals surface area contributed by atoms with Crippen molar-refractivity contribution in [3.8, 4) is 0 Å². The van der Waals surface area contributed by atoms with Crippen molar-refractivity contribution in [1.82, 2.24) is 19.7 Å². The fraction of sp³-hybridized carbons (Fsp3) is 0.375. The highest BCUT2D eigenvalue weighted by atomic mass is 32.1. The summed E-state index contributed by atoms with van der Waals surface area (Å²) in [6.45, 7) is 5.60. The van der Waals surface area contributed by atoms with Gasteiger partial charge in [-0.3, -0.25) is 9.48 Å². The van der Waals surface area contributed by atoms with E-state index < -0.39 is 0 Å². The van der Waals surface area contributed by atoms with Crippen molar-refractivity contribution in [2.24, 2.45) is 0 Å². The highest BCUT2D eigenvalue weighted by molar-refractivity contribution is 7.17. The third kappa shape index (κ3) is 2.14. The van der Waals surface area contributed by atoms with Crippen molar-refractivity contribution in [1.29, 1.82) is 0 Å². The van der Waals surface area contributed by atoms with Crippen molar-refractivity contribution in [3.05, 3.63) is 40.7 Å². The molecule has 1 atom stereocenters. The minimum Gasteiger partial charge on any atom is -0.350 e. The van der Waals surface area contributed by atoms with Crippen LogP contribution in [-0.4, -0.2) is 38.7 Å². The lowest BCUT2D eigenvalue weighted by Crippen LogP contribution is -2.29. The SMILES string of the molecule is Cc1cc(C)n([C@@H]2CCN(C(=O)c3cc4sccc4[nH]3)C2)n1. The van der Waals surface area contributed by atoms with E-state index in [4.69, 9.17) is 0 Å². The number of amides is 1. The van der Waals surface area contributed by atoms with Crippen molar-refractivity contribution >= 4 is 27.5 Å². The Labute approximate surface area is 132 Å². The molecule has 0 aliphatic carbocycles. The zero-order valence-corrected chi connectivity index (χ0v) is 13.5. The number of carbonyl (C=O) groups is 1. The van der Waals surface area contributed by atoms with E-state index in [-0.39, 0.29) is 11.9 Å². The number of carbonyl (C=O) groups excluding carboxylic acids is 1. The maximum Gasteiger partial charge on any atom is 0.270 e. The summed E-state index contributed by atoms with van der Waals surface area (Å²) in [5, 5.41) is 6.59. The number of hydrogen-bond donors (Lipinski definition) is 1. The Bertz CT molecular complexity index is 815. The molecule has 0 spiro atoms. The van der Waals surface area contributed by atoms with Gasteiger partial charge in [0.05, 0.1) is 22.0 Å². The van der Waals surface area contributed by atoms with Gasteiger partial charge in [-0.25, -0.2) is 0 Å². The molecule has 0 unspecified atom stereocenters. The molecule has 0 saturated carbocycles. The molecular weight excluding hydrogens is 296 g/mol. The van der Waals surface area contributed by atoms with E-state index in [0.29, 0.717) is 5.69 Å². The van der Waals surface area contributed by atoms with Gasteiger partial charge in [0.15, 0.2) is 0 Å². The van der Waals surface area contributed by atoms with Crippen LogP contribution in [0.1, 0.15) is 34.3 Å². The monoisotopic (exact) mass is 314 g/mol. The van der Waals surface area contributed by atoms with E-state index in [1.54, 1.807) is 11.3 Å². The number of nitrogens with one attached hydrogen (secondary N) is 1. The first kappa shape index (κ1) is 13.6. The van der Waals surface area contributed by atoms with Crippen LogP contribution in [0.5, 0.6) is 0 Å². The molecule has 0 aromatic carbocycles. The molecule has 1 N–H and O–H groups in total. The average Bonchev–Trinajstić information content (AvgIpc) is 3.19. The number of aryl methyl sites for hydroxylation is 2. The Balaban J connectivity index is 1.53. The Morgan fingerprint density at radius 2 is 2.27 bits per heavy atom. The lowest BCUT2D eigenvalue weighted by atomic mass is 10.2. The minimum absolute atomic E-state index is 0.0902. The Morgan fingerprint density at radius 3 is 3.00 bits per heavy atom. The summed E-state index contributed by atoms with van der Waals surface area (Å²) in [5.41, 5.74) is 3.93. The van der Waals surface area contributed by atoms with E-state index in [1.807, 2.05) is 29.3 Å². The first-order valence-electron chi connectivity index (χ1n) is 7.50. The molecule has 3 aromatic rings. The largest absolute Gasteiger partial charge is 0.350 e. The molecule has 114 valence electrons. The number of hydrogen-bond acceptors (Lipinski definition) is 3. The molecule has 6 heteroatoms. The second-order valence-corrected chi connectivity index (χ2v) is 6.89. The van der Waals surface area contributed by atoms with Crippen LogP contribution in [0.2, 0.25) is 0 Å². The van der Waals surface area contributed by atoms with Gasteiger partial charge in [0.25, 0.3) is 5.91 Å². The smallest absolute Gasteiger partial charge is 0.270 e. The van der Waals surface area contributed by atoms with E-state index in [0.717, 1.165) is 41.1 Å². The van der Waals surface area contributed by atoms with Crippen LogP contribution in [0.25, 0.3) is 10.2 Å². The third-order valence-corrected chi connectivity index (χ3v) is 5.18. The molecule has 22 heavy (non-hydrogen) atoms. The van der Waals surface area contributed by atoms with Crippen LogP contribution in [0.15, 0.2) is 23.6 Å². The molecule has 4 rings (SSSR count). The van der Waals surface area contributed by atoms with Crippen LogP contribution in [0.4, 0.5) is 0 Å². The van der Waals surface area contributed by atoms with Gasteiger partial charge >= 0.3 is 0 Å². The molecule has 1 aliphatic rings. The molecule has 0 bridgehead atoms. The highest BCUT2D eigenvalue weighted by Crippen LogP contribution is 2.26. The van der Waals surface area contributed by atoms with Crippen LogP contribution >= 0.6 is 11.3 Å². The normalized spacial score (nSPS) is 18.5. The van der Waals surface area contributed by atoms with Gasteiger partial charge in [-0.1, -0.05) is 0 Å². The van der Waals surface area contributed by atoms with Crippen molar-refractivity contribution < 1.29 is 4.79 Å². The molecule has 1 aliphatic heterocycles. The zero-order valence-electron chi connectivity index (χ0n) is 12.7. The second kappa shape index (κ2) is 4.98. The minimum atomic E-state index is 0.0902. The second-order valence-electron chi connectivity index (χ2n) is 5.95. The third-order valence-electron chi connectivity index (χ3n) is 4.31. The van der Waals surface area contributed by atoms with Crippen LogP contribution in [0, 0.1) is 13.8 Å². The zero-order chi connectivity index (χ0) is 15.3. The Kier molecular flexibility index (Phi) is 3.07. The maximum absolute atomic E-state index is 12.7. The number of nitrogens with zero attached hydrogens (tertiary/aromatic N) is 3. The summed E-state index contributed by atoms with van der Waals surface area (Å²) in [6.07, 6.45) is 0.961. The average molecular weight is 314 g/mol. The lowest BCUT2D eigenvalue weighted by molar-refractivity contribution is 0.0782. The van der Waals surface area contributed by atoms with Crippen LogP contribution < -0.4 is 0 Å². The van der Waals surface area contributed by atoms with Crippen LogP contribution in [-0.2, 0) is 0 Å². The Hall–Kier alpha value is -2.08. The summed E-state index contributed by atoms with van der Waals surface area (Å²) in [7, 11) is 0. The fourth-order valence-electron chi connectivity index (χ4n) is 3.28. The predicted molar refractivity (Wildman–Crippen MR) is 87.4 cm³/mol. The van der Waals surface area contributed by atoms with Gasteiger partial charge in [-0.05, 0) is 43.8 Å². The first-order chi connectivity index (χ1) is 10.6. The molecule has 5 nitrogen and oxygen atoms in total. The molecule has 1 saturated heterocycles. The topological polar surface area (TPSA) is 53.9 Å². The molecular formula is C16H18N4OS. The van der Waals surface area contributed by atoms with Gasteiger partial charge in [0.1, 0.15) is 5.69 Å². The van der Waals surface area contributed by atoms with E-state index in [1.165, 1.54) is 0 Å². The van der Waals surface area contributed by atoms with Gasteiger partial charge in [-0.15, -0.1) is 11.3 Å². The molecule has 1 fully saturated rings. The summed E-state index contributed by atoms with van der Waals surface area (Å²) in [4.78, 5) is 17.8. The van der Waals surface area contributed by atoms with Gasteiger partial charge < -0.3 is 9.88 Å². The summed E-state index contributed by atoms with van der Waals surface area (Å²) < 4.78 is 3.20. The number of aromatic nitrogens is 3. The van der Waals surface area contributed by atoms with Gasteiger partial charge in [0, 0.05) is 18.8 Å². The first-order valence-corrected chi connectivity index (χ1v) is 8.38. The molecule has 3 aromatic heterocycles. The van der Waals surface area contributed by atoms with Gasteiger partial charge in [0.2, 0.25) is 0 Å². The quantitative estimate of drug-likeness (QED) is 0.790. The fourth-order valence-corrected chi connectivity index (χ4v) is 4.06. The summed E-state index contributed by atoms with van der Waals surface area (Å²) in [6, 6.07) is 6.34. The van der Waals surface area contributed by atoms with Crippen molar-refractivity contribution in [3.63, 3.8) is 0 Å². The number of likely N-dealkylation sites (tertiary alicyclic amines) is 1. The number of fused-ring (bicyclic) bond motifs is 1. The van der Waals surface area contributed by atoms with E-state index >= 15 is 0 Å². The standard InChI is InChI=1S/C16H18N4OS/c1-10-7-11(2)20(18-10)12-3-5-19(9-12)16(21)14-8-15-13(17-14)4-6-22-15/h4,6-8,12,17H,3,5,9H2,1-2H3/t12-/m1/s1. The number of aromatic amines is 1. The van der Waals surface area contributed by atoms with Crippen molar-refractivity contribution in [2.45, 2.75) is 26.3 Å². The summed E-state index contributed by atoms with van der Waals surface area (Å²) >= 11 is 1.65. The highest BCUT2D eigenvalue weighted by Gasteiger charge is 2.30. The van der Waals surface area contributed by atoms with E-state index in [9.17, 15) is 4.79 Å². The predicted octanol–water partition coefficient (Wildman–Crippen LogP) is 3.13. The maximum atomic E-state index is 12.7. The molecule has 1 amide bonds. The number of H-pyrrole nitrogens is 1. The Morgan fingerprint density at radius 1 is 1.41 bits per heavy atom. The number of rotatable bonds is 2. The molecule has 4 heterocycles.